The molecular formula is C62H115NO13Si3. The molecule has 458 valence electrons. The molecule has 0 bridgehead atoms. The van der Waals surface area contributed by atoms with Gasteiger partial charge in [-0.3, -0.25) is 9.59 Å². The van der Waals surface area contributed by atoms with Crippen molar-refractivity contribution in [1.82, 2.24) is 4.90 Å². The third-order valence-corrected chi connectivity index (χ3v) is 33.1. The van der Waals surface area contributed by atoms with Gasteiger partial charge in [0, 0.05) is 52.0 Å². The third kappa shape index (κ3) is 18.0. The Balaban J connectivity index is 2.38. The summed E-state index contributed by atoms with van der Waals surface area (Å²) in [5, 5.41) is 12.5. The van der Waals surface area contributed by atoms with E-state index in [4.69, 9.17) is 37.0 Å². The number of carbonyl (C=O) groups excluding carboxylic acids is 4. The fraction of sp³-hybridized carbons (Fsp3) is 0.871. The Morgan fingerprint density at radius 2 is 1.24 bits per heavy atom. The number of rotatable bonds is 13. The highest BCUT2D eigenvalue weighted by Crippen LogP contribution is 2.44. The maximum atomic E-state index is 15.4. The number of hydrogen-bond donors (Lipinski definition) is 1. The zero-order chi connectivity index (χ0) is 60.6. The maximum absolute atomic E-state index is 15.4. The van der Waals surface area contributed by atoms with E-state index in [2.05, 4.69) is 135 Å². The summed E-state index contributed by atoms with van der Waals surface area (Å²) in [4.78, 5) is 61.3. The van der Waals surface area contributed by atoms with Crippen molar-refractivity contribution in [1.29, 1.82) is 0 Å². The van der Waals surface area contributed by atoms with Crippen molar-refractivity contribution < 1.29 is 61.2 Å². The van der Waals surface area contributed by atoms with Crippen molar-refractivity contribution in [2.45, 2.75) is 283 Å². The van der Waals surface area contributed by atoms with Crippen LogP contribution in [0.3, 0.4) is 0 Å². The van der Waals surface area contributed by atoms with E-state index in [0.717, 1.165) is 31.1 Å². The van der Waals surface area contributed by atoms with Gasteiger partial charge in [0.25, 0.3) is 5.91 Å². The van der Waals surface area contributed by atoms with Crippen LogP contribution < -0.4 is 0 Å². The zero-order valence-corrected chi connectivity index (χ0v) is 57.4. The smallest absolute Gasteiger partial charge is 0.348 e. The minimum atomic E-state index is -2.72. The van der Waals surface area contributed by atoms with Crippen LogP contribution in [0.4, 0.5) is 0 Å². The molecule has 14 atom stereocenters. The lowest BCUT2D eigenvalue weighted by Crippen LogP contribution is -2.63. The van der Waals surface area contributed by atoms with E-state index >= 15 is 14.4 Å². The number of aliphatic hydroxyl groups is 1. The Hall–Kier alpha value is -2.07. The van der Waals surface area contributed by atoms with Gasteiger partial charge >= 0.3 is 11.9 Å². The Kier molecular flexibility index (Phi) is 25.8. The summed E-state index contributed by atoms with van der Waals surface area (Å²) in [6, 6.07) is -1.14. The van der Waals surface area contributed by atoms with Crippen LogP contribution in [-0.4, -0.2) is 148 Å². The number of fused-ring (bicyclic) bond motifs is 1. The maximum Gasteiger partial charge on any atom is 0.348 e. The second-order valence-corrected chi connectivity index (χ2v) is 43.1. The van der Waals surface area contributed by atoms with E-state index in [-0.39, 0.29) is 76.7 Å². The molecule has 0 spiro atoms. The summed E-state index contributed by atoms with van der Waals surface area (Å²) >= 11 is 0. The van der Waals surface area contributed by atoms with Crippen molar-refractivity contribution in [3.05, 3.63) is 23.3 Å². The van der Waals surface area contributed by atoms with Gasteiger partial charge < -0.3 is 47.0 Å². The second-order valence-electron chi connectivity index (χ2n) is 28.8. The number of cyclic esters (lactones) is 1. The number of amides is 1. The quantitative estimate of drug-likeness (QED) is 0.0802. The number of carbonyl (C=O) groups is 4. The molecule has 0 radical (unpaired) electrons. The van der Waals surface area contributed by atoms with Crippen LogP contribution in [-0.2, 0) is 56.1 Å². The van der Waals surface area contributed by atoms with Crippen LogP contribution in [0.1, 0.15) is 174 Å². The Labute approximate surface area is 483 Å². The summed E-state index contributed by atoms with van der Waals surface area (Å²) < 4.78 is 52.6. The molecule has 1 saturated heterocycles. The fourth-order valence-electron chi connectivity index (χ4n) is 11.3. The molecule has 1 unspecified atom stereocenters. The number of methoxy groups -OCH3 is 4. The lowest BCUT2D eigenvalue weighted by atomic mass is 9.80. The van der Waals surface area contributed by atoms with E-state index in [1.54, 1.807) is 28.3 Å². The highest BCUT2D eigenvalue weighted by molar-refractivity contribution is 6.75. The first kappa shape index (κ1) is 71.2. The van der Waals surface area contributed by atoms with Crippen molar-refractivity contribution in [3.63, 3.8) is 0 Å². The Bertz CT molecular complexity index is 2070. The molecule has 2 aliphatic heterocycles. The van der Waals surface area contributed by atoms with E-state index in [9.17, 15) is 9.90 Å². The van der Waals surface area contributed by atoms with E-state index in [0.29, 0.717) is 38.5 Å². The van der Waals surface area contributed by atoms with Gasteiger partial charge in [0.05, 0.1) is 43.7 Å². The molecule has 14 nitrogen and oxygen atoms in total. The molecule has 0 aromatic heterocycles. The van der Waals surface area contributed by atoms with Crippen LogP contribution in [0.5, 0.6) is 0 Å². The average molecular weight is 1170 g/mol. The molecule has 0 aromatic carbocycles. The lowest BCUT2D eigenvalue weighted by molar-refractivity contribution is -0.188. The molecule has 3 aliphatic rings. The number of esters is 2. The molecule has 1 amide bonds. The topological polar surface area (TPSA) is 166 Å². The van der Waals surface area contributed by atoms with Gasteiger partial charge in [-0.15, -0.1) is 0 Å². The van der Waals surface area contributed by atoms with Crippen LogP contribution in [0.25, 0.3) is 0 Å². The predicted octanol–water partition coefficient (Wildman–Crippen LogP) is 13.2. The van der Waals surface area contributed by atoms with Crippen LogP contribution >= 0.6 is 0 Å². The highest BCUT2D eigenvalue weighted by Gasteiger charge is 2.56. The van der Waals surface area contributed by atoms with Gasteiger partial charge in [-0.05, 0) is 150 Å². The van der Waals surface area contributed by atoms with Gasteiger partial charge in [0.2, 0.25) is 5.60 Å². The van der Waals surface area contributed by atoms with Gasteiger partial charge in [0.15, 0.2) is 25.0 Å². The summed E-state index contributed by atoms with van der Waals surface area (Å²) in [5.41, 5.74) is -0.819. The number of piperidine rings is 1. The van der Waals surface area contributed by atoms with Crippen LogP contribution in [0, 0.1) is 29.6 Å². The SMILES string of the molecule is CC[C@@H]1/C=C(\C)C[C@H](C)C[C@H](OC)C(O[Si](C)(C)C(C)(C)C)[C@@H](OC)C[C@@H](C)[C@](O)(C(=O)OC)C(=O)N2CCCC[C@H]2C(=O)O[C@H](/C(C)=C/[C@@H]2CC[C@@H](O[Si](C)(C)C(C)(C)C)[C@H](OC)C2)[C@H](C)[C@@H](O[Si](C)(C)C(C)(C)C)CC1=O. The van der Waals surface area contributed by atoms with E-state index in [1.165, 1.54) is 4.90 Å². The molecule has 1 saturated carbocycles. The summed E-state index contributed by atoms with van der Waals surface area (Å²) in [6.45, 7) is 45.1. The van der Waals surface area contributed by atoms with Crippen molar-refractivity contribution >= 4 is 48.6 Å². The molecule has 3 rings (SSSR count). The molecule has 2 fully saturated rings. The largest absolute Gasteiger partial charge is 0.466 e. The molecule has 79 heavy (non-hydrogen) atoms. The average Bonchev–Trinajstić information content (AvgIpc) is 3.35. The normalized spacial score (nSPS) is 33.7. The Morgan fingerprint density at radius 1 is 0.722 bits per heavy atom. The first-order valence-electron chi connectivity index (χ1n) is 30.0. The molecule has 17 heteroatoms. The first-order valence-corrected chi connectivity index (χ1v) is 38.7. The second kappa shape index (κ2) is 28.7. The zero-order valence-electron chi connectivity index (χ0n) is 54.4. The highest BCUT2D eigenvalue weighted by atomic mass is 28.4. The number of Topliss-reactive ketones (excluding diaryl/α,β-unsaturated/α-hetero) is 1. The minimum Gasteiger partial charge on any atom is -0.466 e. The molecule has 1 N–H and O–H groups in total. The van der Waals surface area contributed by atoms with Crippen LogP contribution in [0.15, 0.2) is 23.3 Å². The number of ether oxygens (including phenoxy) is 5. The molecular weight excluding hydrogens is 1050 g/mol. The first-order chi connectivity index (χ1) is 36.2. The number of allylic oxidation sites excluding steroid dienone is 3. The van der Waals surface area contributed by atoms with Crippen LogP contribution in [0.2, 0.25) is 54.4 Å². The summed E-state index contributed by atoms with van der Waals surface area (Å²) in [5.74, 6) is -4.48. The molecule has 0 aromatic rings. The minimum absolute atomic E-state index is 0.0109. The van der Waals surface area contributed by atoms with E-state index < -0.39 is 96.8 Å². The predicted molar refractivity (Wildman–Crippen MR) is 324 cm³/mol. The third-order valence-electron chi connectivity index (χ3n) is 19.6. The van der Waals surface area contributed by atoms with Gasteiger partial charge in [-0.25, -0.2) is 9.59 Å². The molecule has 2 heterocycles. The number of ketones is 1. The number of nitrogens with zero attached hydrogens (tertiary/aromatic N) is 1. The van der Waals surface area contributed by atoms with E-state index in [1.807, 2.05) is 13.8 Å². The van der Waals surface area contributed by atoms with Gasteiger partial charge in [-0.2, -0.15) is 0 Å². The van der Waals surface area contributed by atoms with Crippen molar-refractivity contribution in [3.8, 4) is 0 Å². The Morgan fingerprint density at radius 3 is 1.75 bits per heavy atom. The summed E-state index contributed by atoms with van der Waals surface area (Å²) in [6.07, 6.45) is 6.45. The standard InChI is InChI=1S/C62H115NO13Si3/c1-26-46-34-40(2)33-41(3)35-52(70-17)55(76-79(24,25)61(13,14)15)53(71-18)37-43(5)62(68,58(67)72-19)57(66)63-32-28-27-29-47(63)56(65)73-54(44(6)50(39-48(46)64)75-78(22,23)60(10,11)12)42(4)36-45-30-31-49(51(38-45)69-16)74-77(20,21)59(7,8)9/h34,36,41,43-47,49-55,68H,26-33,35,37-39H2,1-25H3/b40-34+,42-36+/t41-,43+,44+,45-,46+,47-,49+,50-,51+,52-,53-,54+,55?,62+/m0/s1. The van der Waals surface area contributed by atoms with Crippen molar-refractivity contribution in [2.24, 2.45) is 29.6 Å². The van der Waals surface area contributed by atoms with Crippen molar-refractivity contribution in [2.75, 3.05) is 35.0 Å². The summed E-state index contributed by atoms with van der Waals surface area (Å²) in [7, 11) is -1.10. The van der Waals surface area contributed by atoms with Gasteiger partial charge in [-0.1, -0.05) is 108 Å². The van der Waals surface area contributed by atoms with Gasteiger partial charge in [0.1, 0.15) is 17.9 Å². The number of hydrogen-bond acceptors (Lipinski definition) is 13. The lowest BCUT2D eigenvalue weighted by Gasteiger charge is -2.45. The fourth-order valence-corrected chi connectivity index (χ4v) is 15.4. The molecule has 1 aliphatic carbocycles. The monoisotopic (exact) mass is 1170 g/mol.